The second-order valence-corrected chi connectivity index (χ2v) is 7.83. The Labute approximate surface area is 151 Å². The molecule has 0 spiro atoms. The summed E-state index contributed by atoms with van der Waals surface area (Å²) in [7, 11) is 0. The molecule has 7 nitrogen and oxygen atoms in total. The van der Waals surface area contributed by atoms with Gasteiger partial charge in [-0.1, -0.05) is 26.8 Å². The minimum absolute atomic E-state index is 0.0829. The molecule has 138 valence electrons. The van der Waals surface area contributed by atoms with Crippen molar-refractivity contribution >= 4 is 5.91 Å². The number of amides is 1. The summed E-state index contributed by atoms with van der Waals surface area (Å²) in [5.74, 6) is -0.313. The van der Waals surface area contributed by atoms with E-state index in [0.29, 0.717) is 18.5 Å². The van der Waals surface area contributed by atoms with Gasteiger partial charge in [-0.15, -0.1) is 0 Å². The third-order valence-electron chi connectivity index (χ3n) is 4.70. The predicted molar refractivity (Wildman–Crippen MR) is 96.7 cm³/mol. The molecule has 1 fully saturated rings. The van der Waals surface area contributed by atoms with Crippen molar-refractivity contribution in [2.75, 3.05) is 0 Å². The second kappa shape index (κ2) is 6.99. The van der Waals surface area contributed by atoms with Gasteiger partial charge in [0.2, 0.25) is 0 Å². The van der Waals surface area contributed by atoms with Crippen molar-refractivity contribution in [2.24, 2.45) is 5.92 Å². The maximum Gasteiger partial charge on any atom is 0.345 e. The molecule has 0 saturated heterocycles. The average molecular weight is 356 g/mol. The Morgan fingerprint density at radius 2 is 2.08 bits per heavy atom. The van der Waals surface area contributed by atoms with Gasteiger partial charge in [-0.25, -0.2) is 4.79 Å². The molecule has 3 N–H and O–H groups in total. The summed E-state index contributed by atoms with van der Waals surface area (Å²) in [6, 6.07) is 6.81. The normalized spacial score (nSPS) is 20.9. The summed E-state index contributed by atoms with van der Waals surface area (Å²) in [6.45, 7) is 5.85. The number of hydrogen-bond acceptors (Lipinski definition) is 5. The quantitative estimate of drug-likeness (QED) is 0.773. The highest BCUT2D eigenvalue weighted by molar-refractivity contribution is 5.92. The van der Waals surface area contributed by atoms with E-state index in [1.165, 1.54) is 0 Å². The monoisotopic (exact) mass is 356 g/mol. The number of rotatable bonds is 4. The van der Waals surface area contributed by atoms with Crippen LogP contribution in [-0.2, 0) is 5.41 Å². The molecule has 2 heterocycles. The van der Waals surface area contributed by atoms with Crippen LogP contribution in [0.5, 0.6) is 0 Å². The van der Waals surface area contributed by atoms with E-state index in [-0.39, 0.29) is 29.2 Å². The molecule has 1 saturated carbocycles. The molecule has 0 bridgehead atoms. The van der Waals surface area contributed by atoms with Gasteiger partial charge in [-0.3, -0.25) is 9.78 Å². The molecule has 0 unspecified atom stereocenters. The van der Waals surface area contributed by atoms with E-state index in [1.807, 2.05) is 39.0 Å². The van der Waals surface area contributed by atoms with Gasteiger partial charge >= 0.3 is 5.69 Å². The van der Waals surface area contributed by atoms with Gasteiger partial charge < -0.3 is 15.4 Å². The molecule has 0 aromatic carbocycles. The first-order valence-electron chi connectivity index (χ1n) is 8.76. The van der Waals surface area contributed by atoms with E-state index in [9.17, 15) is 14.7 Å². The van der Waals surface area contributed by atoms with Crippen molar-refractivity contribution in [3.8, 4) is 0 Å². The average Bonchev–Trinajstić information content (AvgIpc) is 2.56. The molecule has 7 heteroatoms. The lowest BCUT2D eigenvalue weighted by Crippen LogP contribution is -2.42. The molecule has 3 rings (SSSR count). The molecule has 2 aromatic rings. The van der Waals surface area contributed by atoms with Crippen molar-refractivity contribution < 1.29 is 9.90 Å². The first-order chi connectivity index (χ1) is 12.2. The molecule has 1 amide bonds. The van der Waals surface area contributed by atoms with Crippen molar-refractivity contribution in [1.29, 1.82) is 0 Å². The number of H-pyrrole nitrogens is 1. The summed E-state index contributed by atoms with van der Waals surface area (Å²) in [4.78, 5) is 35.5. The number of aromatic amines is 1. The Hall–Kier alpha value is -2.54. The van der Waals surface area contributed by atoms with Crippen LogP contribution in [0.4, 0.5) is 0 Å². The highest BCUT2D eigenvalue weighted by atomic mass is 16.3. The number of aliphatic hydroxyl groups is 1. The Balaban J connectivity index is 1.87. The fourth-order valence-electron chi connectivity index (χ4n) is 3.09. The fourth-order valence-corrected chi connectivity index (χ4v) is 3.09. The summed E-state index contributed by atoms with van der Waals surface area (Å²) in [5.41, 5.74) is 0.612. The smallest absolute Gasteiger partial charge is 0.345 e. The van der Waals surface area contributed by atoms with Crippen LogP contribution in [0.1, 0.15) is 61.5 Å². The largest absolute Gasteiger partial charge is 0.393 e. The van der Waals surface area contributed by atoms with Crippen LogP contribution in [0.15, 0.2) is 35.3 Å². The lowest BCUT2D eigenvalue weighted by atomic mass is 9.76. The van der Waals surface area contributed by atoms with Crippen molar-refractivity contribution in [1.82, 2.24) is 20.3 Å². The number of pyridine rings is 1. The van der Waals surface area contributed by atoms with Crippen LogP contribution in [-0.4, -0.2) is 32.1 Å². The Morgan fingerprint density at radius 1 is 1.35 bits per heavy atom. The van der Waals surface area contributed by atoms with Crippen LogP contribution < -0.4 is 11.0 Å². The van der Waals surface area contributed by atoms with Crippen LogP contribution >= 0.6 is 0 Å². The minimum atomic E-state index is -0.545. The van der Waals surface area contributed by atoms with E-state index in [1.54, 1.807) is 12.3 Å². The first-order valence-corrected chi connectivity index (χ1v) is 8.76. The molecule has 26 heavy (non-hydrogen) atoms. The SMILES string of the molecule is CC(C)(C)c1cc(C(=O)N[C@H](c2ccccn2)C2CC(O)C2)nc(=O)[nH]1. The molecule has 0 radical (unpaired) electrons. The topological polar surface area (TPSA) is 108 Å². The highest BCUT2D eigenvalue weighted by Gasteiger charge is 2.36. The van der Waals surface area contributed by atoms with Crippen molar-refractivity contribution in [3.63, 3.8) is 0 Å². The highest BCUT2D eigenvalue weighted by Crippen LogP contribution is 2.37. The van der Waals surface area contributed by atoms with Gasteiger partial charge in [-0.2, -0.15) is 4.98 Å². The molecule has 2 aromatic heterocycles. The Morgan fingerprint density at radius 3 is 2.65 bits per heavy atom. The number of aromatic nitrogens is 3. The van der Waals surface area contributed by atoms with Crippen molar-refractivity contribution in [2.45, 2.75) is 51.2 Å². The van der Waals surface area contributed by atoms with Crippen LogP contribution in [0, 0.1) is 5.92 Å². The molecule has 1 aliphatic carbocycles. The molecular formula is C19H24N4O3. The zero-order valence-electron chi connectivity index (χ0n) is 15.2. The predicted octanol–water partition coefficient (Wildman–Crippen LogP) is 1.70. The lowest BCUT2D eigenvalue weighted by Gasteiger charge is -2.37. The maximum absolute atomic E-state index is 12.8. The summed E-state index contributed by atoms with van der Waals surface area (Å²) in [5, 5.41) is 12.6. The van der Waals surface area contributed by atoms with Crippen LogP contribution in [0.3, 0.4) is 0 Å². The molecule has 1 atom stereocenters. The van der Waals surface area contributed by atoms with E-state index in [2.05, 4.69) is 20.3 Å². The van der Waals surface area contributed by atoms with E-state index >= 15 is 0 Å². The number of hydrogen-bond donors (Lipinski definition) is 3. The first kappa shape index (κ1) is 18.3. The van der Waals surface area contributed by atoms with Gasteiger partial charge in [0, 0.05) is 17.3 Å². The van der Waals surface area contributed by atoms with Gasteiger partial charge in [0.1, 0.15) is 5.69 Å². The Bertz CT molecular complexity index is 836. The summed E-state index contributed by atoms with van der Waals surface area (Å²) >= 11 is 0. The van der Waals surface area contributed by atoms with E-state index in [4.69, 9.17) is 0 Å². The van der Waals surface area contributed by atoms with Gasteiger partial charge in [0.15, 0.2) is 0 Å². The zero-order chi connectivity index (χ0) is 18.9. The third-order valence-corrected chi connectivity index (χ3v) is 4.70. The van der Waals surface area contributed by atoms with E-state index < -0.39 is 11.6 Å². The van der Waals surface area contributed by atoms with Gasteiger partial charge in [-0.05, 0) is 37.0 Å². The van der Waals surface area contributed by atoms with Crippen molar-refractivity contribution in [3.05, 3.63) is 58.0 Å². The summed E-state index contributed by atoms with van der Waals surface area (Å²) < 4.78 is 0. The van der Waals surface area contributed by atoms with Crippen LogP contribution in [0.2, 0.25) is 0 Å². The zero-order valence-corrected chi connectivity index (χ0v) is 15.2. The van der Waals surface area contributed by atoms with Crippen LogP contribution in [0.25, 0.3) is 0 Å². The number of carbonyl (C=O) groups is 1. The number of carbonyl (C=O) groups excluding carboxylic acids is 1. The summed E-state index contributed by atoms with van der Waals surface area (Å²) in [6.07, 6.45) is 2.55. The molecule has 0 aliphatic heterocycles. The standard InChI is InChI=1S/C19H24N4O3/c1-19(2,3)15-10-14(21-18(26)22-15)17(25)23-16(11-8-12(24)9-11)13-6-4-5-7-20-13/h4-7,10-12,16,24H,8-9H2,1-3H3,(H,23,25)(H,21,22,26)/t11?,12?,16-/m0/s1. The fraction of sp³-hybridized carbons (Fsp3) is 0.474. The number of nitrogens with zero attached hydrogens (tertiary/aromatic N) is 2. The number of nitrogens with one attached hydrogen (secondary N) is 2. The van der Waals surface area contributed by atoms with E-state index in [0.717, 1.165) is 5.69 Å². The molecular weight excluding hydrogens is 332 g/mol. The maximum atomic E-state index is 12.8. The lowest BCUT2D eigenvalue weighted by molar-refractivity contribution is 0.0227. The van der Waals surface area contributed by atoms with Gasteiger partial charge in [0.25, 0.3) is 5.91 Å². The van der Waals surface area contributed by atoms with Gasteiger partial charge in [0.05, 0.1) is 17.8 Å². The number of aliphatic hydroxyl groups excluding tert-OH is 1. The second-order valence-electron chi connectivity index (χ2n) is 7.83. The third kappa shape index (κ3) is 3.99. The minimum Gasteiger partial charge on any atom is -0.393 e. The Kier molecular flexibility index (Phi) is 4.91. The molecule has 1 aliphatic rings.